The summed E-state index contributed by atoms with van der Waals surface area (Å²) in [6.07, 6.45) is 21.0. The molecule has 1 heterocycles. The number of aliphatic hydroxyl groups excluding tert-OH is 1. The first-order chi connectivity index (χ1) is 52.1. The molecule has 0 spiro atoms. The number of aliphatic hydroxyl groups is 1. The molecule has 1 saturated carbocycles. The average molecular weight is 1540 g/mol. The van der Waals surface area contributed by atoms with Gasteiger partial charge in [-0.25, -0.2) is 26.8 Å². The van der Waals surface area contributed by atoms with Crippen LogP contribution in [0.2, 0.25) is 0 Å². The molecule has 596 valence electrons. The van der Waals surface area contributed by atoms with Gasteiger partial charge in [0.25, 0.3) is 0 Å². The summed E-state index contributed by atoms with van der Waals surface area (Å²) in [6.45, 7) is 28.5. The van der Waals surface area contributed by atoms with Crippen molar-refractivity contribution in [3.05, 3.63) is 208 Å². The van der Waals surface area contributed by atoms with Crippen LogP contribution in [0.15, 0.2) is 138 Å². The molecule has 3 N–H and O–H groups in total. The molecule has 21 heteroatoms. The number of carbonyl (C=O) groups excluding carboxylic acids is 3. The Morgan fingerprint density at radius 3 is 1.60 bits per heavy atom. The first kappa shape index (κ1) is 91.0. The van der Waals surface area contributed by atoms with E-state index in [0.717, 1.165) is 85.0 Å². The van der Waals surface area contributed by atoms with E-state index in [1.165, 1.54) is 106 Å². The van der Waals surface area contributed by atoms with Crippen molar-refractivity contribution in [3.63, 3.8) is 0 Å². The minimum Gasteiger partial charge on any atom is -0.744 e. The summed E-state index contributed by atoms with van der Waals surface area (Å²) in [5.41, 5.74) is 7.30. The Labute approximate surface area is 644 Å². The number of hydrogen-bond acceptors (Lipinski definition) is 15. The third-order valence-corrected chi connectivity index (χ3v) is 20.8. The van der Waals surface area contributed by atoms with Gasteiger partial charge in [-0.1, -0.05) is 187 Å². The van der Waals surface area contributed by atoms with Gasteiger partial charge in [-0.15, -0.1) is 0 Å². The first-order valence-corrected chi connectivity index (χ1v) is 39.7. The summed E-state index contributed by atoms with van der Waals surface area (Å²) < 4.78 is 130. The van der Waals surface area contributed by atoms with Crippen molar-refractivity contribution in [2.24, 2.45) is 5.92 Å². The summed E-state index contributed by atoms with van der Waals surface area (Å²) in [7, 11) is -4.28. The first-order valence-electron chi connectivity index (χ1n) is 38.3. The standard InChI is InChI=1S/C26H35O4.C20H32O2.C18H16F4O6S.C14H18O3.C10H14O/c1-5-6-7-8-9-10-15-30-23-13-11-22(12-14-23)26(2,3)25-20(18-27)16-24(29-4)17-21(25)19-28;1-4-16(2)19-10-12-20(13-11-19)22-17(3)21-15-14-18-8-6-5-7-9-18;1-3-9(2)10-4-6-11(7-5-10)28-12(23)8-27-17-13(19)15(21)18(29(24,25)26)16(22)14(17)20;1-3-10(2)11-4-6-12(7-5-11)17-13-8-9-16-14(13)15;1-3-8(2)9-4-6-10(11)7-5-9/h11-14,16-18,28H,2,5-10,15,19H2,1,3-4H3;10-13,16-18H,4-9,14-15H2,1-3H3;4-7,9H,3,8H2,1-2H3,(H,24,25,26);4-7,10,13H,3,8-9H2,1-2H3;4-8,11H,3H2,1-2H3/q+1;;;;. The smallest absolute Gasteiger partial charge is 0.349 e. The van der Waals surface area contributed by atoms with Crippen molar-refractivity contribution >= 4 is 28.3 Å². The molecule has 1 aliphatic heterocycles. The van der Waals surface area contributed by atoms with E-state index in [2.05, 4.69) is 96.5 Å². The van der Waals surface area contributed by atoms with E-state index < -0.39 is 68.1 Å². The number of methoxy groups -OCH3 is 1. The molecule has 7 aromatic carbocycles. The second-order valence-electron chi connectivity index (χ2n) is 28.1. The molecule has 1 saturated heterocycles. The van der Waals surface area contributed by atoms with Crippen molar-refractivity contribution in [2.45, 2.75) is 238 Å². The number of aldehydes is 1. The van der Waals surface area contributed by atoms with Crippen LogP contribution in [-0.2, 0) is 41.2 Å². The lowest BCUT2D eigenvalue weighted by Gasteiger charge is -2.23. The Morgan fingerprint density at radius 1 is 0.642 bits per heavy atom. The van der Waals surface area contributed by atoms with Crippen LogP contribution in [0.25, 0.3) is 0 Å². The molecular formula is C88H115F4O16S+. The Bertz CT molecular complexity index is 3930. The summed E-state index contributed by atoms with van der Waals surface area (Å²) >= 11 is 0. The third-order valence-electron chi connectivity index (χ3n) is 19.9. The third kappa shape index (κ3) is 29.3. The summed E-state index contributed by atoms with van der Waals surface area (Å²) in [6, 6.07) is 41.7. The molecule has 0 amide bonds. The fraction of sp³-hybridized carbons (Fsp3) is 0.477. The molecule has 0 aromatic heterocycles. The largest absolute Gasteiger partial charge is 0.744 e. The highest BCUT2D eigenvalue weighted by atomic mass is 32.2. The van der Waals surface area contributed by atoms with Gasteiger partial charge in [-0.05, 0) is 183 Å². The minimum absolute atomic E-state index is 0.0942. The van der Waals surface area contributed by atoms with Gasteiger partial charge in [0.1, 0.15) is 49.5 Å². The van der Waals surface area contributed by atoms with Gasteiger partial charge in [0.15, 0.2) is 41.8 Å². The number of hydrogen-bond donors (Lipinski definition) is 2. The monoisotopic (exact) mass is 1540 g/mol. The van der Waals surface area contributed by atoms with Gasteiger partial charge >= 0.3 is 18.2 Å². The molecule has 7 aromatic rings. The predicted octanol–water partition coefficient (Wildman–Crippen LogP) is 20.9. The Morgan fingerprint density at radius 2 is 1.13 bits per heavy atom. The number of esters is 2. The van der Waals surface area contributed by atoms with E-state index in [0.29, 0.717) is 53.4 Å². The normalized spacial score (nSPS) is 15.3. The zero-order valence-corrected chi connectivity index (χ0v) is 66.5. The fourth-order valence-electron chi connectivity index (χ4n) is 12.3. The zero-order valence-electron chi connectivity index (χ0n) is 65.7. The second kappa shape index (κ2) is 46.8. The van der Waals surface area contributed by atoms with Crippen molar-refractivity contribution in [3.8, 4) is 40.2 Å². The number of rotatable bonds is 34. The molecule has 7 atom stereocenters. The SMILES string of the molecule is CCC(C)c1ccc(O)cc1.CCC(C)c1ccc(OC(=O)COc2c(F)c(F)c(S(=O)(=O)[O-])c(F)c2F)cc1.CCC(C)c1ccc(OC(C)OCCC2CCCCC2)cc1.CCC(C)c1ccc(OC2CCOC2=O)cc1.[CH2+]C(C)(c1ccc(OCCCCCCCC)cc1)c1c(C=[OH+])cc(OC)cc1CO. The zero-order chi connectivity index (χ0) is 80.2. The van der Waals surface area contributed by atoms with E-state index in [9.17, 15) is 50.0 Å². The number of unbranched alkanes of at least 4 members (excludes halogenated alkanes) is 5. The molecule has 7 unspecified atom stereocenters. The van der Waals surface area contributed by atoms with Crippen LogP contribution in [0.1, 0.15) is 253 Å². The number of benzene rings is 7. The summed E-state index contributed by atoms with van der Waals surface area (Å²) in [5.74, 6) is -6.16. The van der Waals surface area contributed by atoms with E-state index in [1.54, 1.807) is 43.5 Å². The molecular weight excluding hydrogens is 1420 g/mol. The molecule has 109 heavy (non-hydrogen) atoms. The van der Waals surface area contributed by atoms with Crippen LogP contribution in [0.5, 0.6) is 40.2 Å². The van der Waals surface area contributed by atoms with E-state index in [1.807, 2.05) is 76.2 Å². The Balaban J connectivity index is 0.000000252. The van der Waals surface area contributed by atoms with E-state index in [-0.39, 0.29) is 30.5 Å². The maximum Gasteiger partial charge on any atom is 0.349 e. The van der Waals surface area contributed by atoms with Crippen molar-refractivity contribution in [1.82, 2.24) is 0 Å². The highest BCUT2D eigenvalue weighted by Gasteiger charge is 2.37. The lowest BCUT2D eigenvalue weighted by Crippen LogP contribution is -2.24. The van der Waals surface area contributed by atoms with Gasteiger partial charge in [0, 0.05) is 17.5 Å². The van der Waals surface area contributed by atoms with Gasteiger partial charge < -0.3 is 52.7 Å². The summed E-state index contributed by atoms with van der Waals surface area (Å²) in [4.78, 5) is 30.5. The maximum atomic E-state index is 13.8. The topological polar surface area (TPSA) is 227 Å². The highest BCUT2D eigenvalue weighted by Crippen LogP contribution is 2.39. The van der Waals surface area contributed by atoms with Crippen LogP contribution < -0.4 is 28.4 Å². The van der Waals surface area contributed by atoms with Gasteiger partial charge in [0.05, 0.1) is 46.0 Å². The highest BCUT2D eigenvalue weighted by molar-refractivity contribution is 7.85. The van der Waals surface area contributed by atoms with Crippen molar-refractivity contribution in [2.75, 3.05) is 33.5 Å². The van der Waals surface area contributed by atoms with Crippen LogP contribution in [0.3, 0.4) is 0 Å². The van der Waals surface area contributed by atoms with Crippen LogP contribution >= 0.6 is 0 Å². The summed E-state index contributed by atoms with van der Waals surface area (Å²) in [5, 5.41) is 18.9. The van der Waals surface area contributed by atoms with Crippen LogP contribution in [0.4, 0.5) is 17.6 Å². The molecule has 0 radical (unpaired) electrons. The Kier molecular flexibility index (Phi) is 39.0. The molecule has 0 bridgehead atoms. The molecule has 2 fully saturated rings. The van der Waals surface area contributed by atoms with Crippen molar-refractivity contribution < 1.29 is 93.0 Å². The number of ether oxygens (including phenoxy) is 8. The lowest BCUT2D eigenvalue weighted by atomic mass is 9.74. The number of carbonyl (C=O) groups is 2. The van der Waals surface area contributed by atoms with E-state index >= 15 is 0 Å². The van der Waals surface area contributed by atoms with Crippen molar-refractivity contribution in [1.29, 1.82) is 0 Å². The Hall–Kier alpha value is -8.63. The van der Waals surface area contributed by atoms with Gasteiger partial charge in [0.2, 0.25) is 11.6 Å². The fourth-order valence-corrected chi connectivity index (χ4v) is 12.9. The predicted molar refractivity (Wildman–Crippen MR) is 418 cm³/mol. The van der Waals surface area contributed by atoms with Gasteiger partial charge in [-0.3, -0.25) is 4.79 Å². The molecule has 2 aliphatic rings. The quantitative estimate of drug-likeness (QED) is 0.00365. The number of phenolic OH excluding ortho intramolecular Hbond substituents is 1. The number of halogens is 4. The number of phenols is 1. The molecule has 16 nitrogen and oxygen atoms in total. The van der Waals surface area contributed by atoms with Gasteiger partial charge in [-0.2, -0.15) is 8.78 Å². The number of cyclic esters (lactones) is 1. The van der Waals surface area contributed by atoms with Crippen LogP contribution in [-0.4, -0.2) is 92.1 Å². The lowest BCUT2D eigenvalue weighted by molar-refractivity contribution is -0.143. The molecule has 1 aliphatic carbocycles. The second-order valence-corrected chi connectivity index (χ2v) is 29.4. The average Bonchev–Trinajstić information content (AvgIpc) is 1.33. The maximum absolute atomic E-state index is 13.8. The molecule has 9 rings (SSSR count). The van der Waals surface area contributed by atoms with E-state index in [4.69, 9.17) is 38.3 Å². The number of aromatic hydroxyl groups is 1. The minimum atomic E-state index is -5.84. The van der Waals surface area contributed by atoms with Crippen LogP contribution in [0, 0.1) is 36.1 Å².